The molecule has 0 bridgehead atoms. The predicted octanol–water partition coefficient (Wildman–Crippen LogP) is 15.4. The van der Waals surface area contributed by atoms with Crippen LogP contribution in [0.25, 0.3) is 86.3 Å². The molecule has 12 rings (SSSR count). The fourth-order valence-corrected chi connectivity index (χ4v) is 10.3. The van der Waals surface area contributed by atoms with Gasteiger partial charge in [-0.2, -0.15) is 0 Å². The second kappa shape index (κ2) is 13.1. The average Bonchev–Trinajstić information content (AvgIpc) is 3.94. The van der Waals surface area contributed by atoms with E-state index in [0.29, 0.717) is 0 Å². The van der Waals surface area contributed by atoms with Gasteiger partial charge in [-0.1, -0.05) is 121 Å². The number of nitrogens with zero attached hydrogens (tertiary/aromatic N) is 3. The lowest BCUT2D eigenvalue weighted by molar-refractivity contribution is 1.17. The van der Waals surface area contributed by atoms with Gasteiger partial charge in [0.05, 0.1) is 22.1 Å². The topological polar surface area (TPSA) is 13.1 Å². The molecule has 0 amide bonds. The minimum atomic E-state index is 1.11. The molecule has 12 aromatic rings. The molecule has 0 saturated carbocycles. The van der Waals surface area contributed by atoms with Crippen LogP contribution >= 0.6 is 11.3 Å². The van der Waals surface area contributed by atoms with Crippen LogP contribution in [0.5, 0.6) is 0 Å². The van der Waals surface area contributed by atoms with Gasteiger partial charge in [0.25, 0.3) is 0 Å². The Balaban J connectivity index is 1.09. The highest BCUT2D eigenvalue weighted by Crippen LogP contribution is 2.44. The fraction of sp³-hybridized carbons (Fsp3) is 0. The van der Waals surface area contributed by atoms with E-state index >= 15 is 0 Å². The highest BCUT2D eigenvalue weighted by atomic mass is 32.1. The third-order valence-electron chi connectivity index (χ3n) is 11.7. The summed E-state index contributed by atoms with van der Waals surface area (Å²) in [5.74, 6) is 0. The maximum atomic E-state index is 2.45. The summed E-state index contributed by atoms with van der Waals surface area (Å²) in [4.78, 5) is 2.35. The van der Waals surface area contributed by atoms with Crippen molar-refractivity contribution < 1.29 is 0 Å². The van der Waals surface area contributed by atoms with Crippen LogP contribution in [0.15, 0.2) is 212 Å². The first-order valence-corrected chi connectivity index (χ1v) is 20.6. The van der Waals surface area contributed by atoms with Crippen molar-refractivity contribution in [2.45, 2.75) is 0 Å². The number of benzene rings is 9. The van der Waals surface area contributed by atoms with Crippen LogP contribution in [0, 0.1) is 0 Å². The van der Waals surface area contributed by atoms with E-state index in [1.807, 2.05) is 11.3 Å². The molecular formula is C54H35N3S. The van der Waals surface area contributed by atoms with Gasteiger partial charge in [-0.05, 0) is 102 Å². The molecule has 0 aliphatic carbocycles. The Hall–Kier alpha value is -7.40. The second-order valence-corrected chi connectivity index (χ2v) is 16.0. The maximum Gasteiger partial charge on any atom is 0.0548 e. The van der Waals surface area contributed by atoms with E-state index < -0.39 is 0 Å². The number of hydrogen-bond donors (Lipinski definition) is 0. The van der Waals surface area contributed by atoms with E-state index in [9.17, 15) is 0 Å². The molecule has 0 aliphatic rings. The smallest absolute Gasteiger partial charge is 0.0548 e. The highest BCUT2D eigenvalue weighted by Gasteiger charge is 2.21. The van der Waals surface area contributed by atoms with Crippen LogP contribution in [0.2, 0.25) is 0 Å². The van der Waals surface area contributed by atoms with Crippen LogP contribution in [0.4, 0.5) is 17.1 Å². The lowest BCUT2D eigenvalue weighted by atomic mass is 10.0. The summed E-state index contributed by atoms with van der Waals surface area (Å²) >= 11 is 1.88. The number of thiophene rings is 1. The zero-order chi connectivity index (χ0) is 38.2. The van der Waals surface area contributed by atoms with Crippen molar-refractivity contribution in [3.8, 4) is 22.5 Å². The number of fused-ring (bicyclic) bond motifs is 9. The molecule has 4 heteroatoms. The number of hydrogen-bond acceptors (Lipinski definition) is 2. The SMILES string of the molecule is c1ccc(N(c2ccccc2)c2ccc3c(c2)c2cc4c(cc2n3-c2ccccc2)c2ccccc2n4-c2ccc(-c3cccc4c3sc3ccccc34)cc2)cc1. The Morgan fingerprint density at radius 3 is 1.57 bits per heavy atom. The van der Waals surface area contributed by atoms with E-state index in [2.05, 4.69) is 226 Å². The quantitative estimate of drug-likeness (QED) is 0.165. The molecule has 9 aromatic carbocycles. The molecular weight excluding hydrogens is 723 g/mol. The minimum absolute atomic E-state index is 1.11. The van der Waals surface area contributed by atoms with Crippen LogP contribution in [-0.4, -0.2) is 9.13 Å². The van der Waals surface area contributed by atoms with Crippen molar-refractivity contribution in [3.05, 3.63) is 212 Å². The Bertz CT molecular complexity index is 3450. The number of anilines is 3. The van der Waals surface area contributed by atoms with Gasteiger partial charge in [0.1, 0.15) is 0 Å². The van der Waals surface area contributed by atoms with Crippen molar-refractivity contribution in [1.82, 2.24) is 9.13 Å². The first-order valence-electron chi connectivity index (χ1n) is 19.8. The lowest BCUT2D eigenvalue weighted by Gasteiger charge is -2.25. The number of para-hydroxylation sites is 4. The van der Waals surface area contributed by atoms with E-state index in [0.717, 1.165) is 28.4 Å². The van der Waals surface area contributed by atoms with Gasteiger partial charge >= 0.3 is 0 Å². The van der Waals surface area contributed by atoms with Gasteiger partial charge in [0.15, 0.2) is 0 Å². The lowest BCUT2D eigenvalue weighted by Crippen LogP contribution is -2.09. The first-order chi connectivity index (χ1) is 28.8. The standard InChI is InChI=1S/C54H35N3S/c1-4-15-37(16-5-1)55(38-17-6-2-7-18-38)41-31-32-50-46(33-41)48-35-51-47(34-52(48)56(50)39-19-8-3-9-20-39)43-21-10-12-25-49(43)57(51)40-29-27-36(28-30-40)42-23-14-24-45-44-22-11-13-26-53(44)58-54(42)45/h1-35H. The van der Waals surface area contributed by atoms with Gasteiger partial charge in [-0.15, -0.1) is 11.3 Å². The molecule has 0 fully saturated rings. The van der Waals surface area contributed by atoms with Crippen LogP contribution < -0.4 is 4.90 Å². The molecule has 3 aromatic heterocycles. The Kier molecular flexibility index (Phi) is 7.40. The van der Waals surface area contributed by atoms with Gasteiger partial charge < -0.3 is 14.0 Å². The minimum Gasteiger partial charge on any atom is -0.310 e. The first kappa shape index (κ1) is 32.8. The molecule has 0 unspecified atom stereocenters. The van der Waals surface area contributed by atoms with E-state index in [4.69, 9.17) is 0 Å². The highest BCUT2D eigenvalue weighted by molar-refractivity contribution is 7.26. The van der Waals surface area contributed by atoms with Crippen LogP contribution in [-0.2, 0) is 0 Å². The van der Waals surface area contributed by atoms with E-state index in [1.165, 1.54) is 74.9 Å². The van der Waals surface area contributed by atoms with Gasteiger partial charge in [-0.3, -0.25) is 0 Å². The van der Waals surface area contributed by atoms with Crippen molar-refractivity contribution in [2.24, 2.45) is 0 Å². The molecule has 0 radical (unpaired) electrons. The monoisotopic (exact) mass is 757 g/mol. The van der Waals surface area contributed by atoms with Crippen molar-refractivity contribution in [1.29, 1.82) is 0 Å². The van der Waals surface area contributed by atoms with Crippen molar-refractivity contribution >= 4 is 92.2 Å². The Labute approximate surface area is 339 Å². The fourth-order valence-electron chi connectivity index (χ4n) is 9.11. The van der Waals surface area contributed by atoms with Gasteiger partial charge in [0.2, 0.25) is 0 Å². The summed E-state index contributed by atoms with van der Waals surface area (Å²) in [7, 11) is 0. The molecule has 0 atom stereocenters. The van der Waals surface area contributed by atoms with Crippen molar-refractivity contribution in [3.63, 3.8) is 0 Å². The summed E-state index contributed by atoms with van der Waals surface area (Å²) in [6.07, 6.45) is 0. The Morgan fingerprint density at radius 1 is 0.328 bits per heavy atom. The summed E-state index contributed by atoms with van der Waals surface area (Å²) in [5.41, 5.74) is 12.9. The summed E-state index contributed by atoms with van der Waals surface area (Å²) in [6.45, 7) is 0. The Morgan fingerprint density at radius 2 is 0.862 bits per heavy atom. The third kappa shape index (κ3) is 5.05. The average molecular weight is 758 g/mol. The van der Waals surface area contributed by atoms with Crippen LogP contribution in [0.3, 0.4) is 0 Å². The third-order valence-corrected chi connectivity index (χ3v) is 12.9. The number of aromatic nitrogens is 2. The molecule has 3 nitrogen and oxygen atoms in total. The van der Waals surface area contributed by atoms with Gasteiger partial charge in [0, 0.05) is 70.2 Å². The largest absolute Gasteiger partial charge is 0.310 e. The second-order valence-electron chi connectivity index (χ2n) is 14.9. The zero-order valence-corrected chi connectivity index (χ0v) is 32.3. The predicted molar refractivity (Wildman–Crippen MR) is 248 cm³/mol. The molecule has 0 N–H and O–H groups in total. The normalized spacial score (nSPS) is 11.8. The number of rotatable bonds is 6. The molecule has 3 heterocycles. The summed E-state index contributed by atoms with van der Waals surface area (Å²) < 4.78 is 7.54. The summed E-state index contributed by atoms with van der Waals surface area (Å²) in [5, 5.41) is 7.54. The van der Waals surface area contributed by atoms with Crippen LogP contribution in [0.1, 0.15) is 0 Å². The molecule has 0 aliphatic heterocycles. The van der Waals surface area contributed by atoms with Crippen molar-refractivity contribution in [2.75, 3.05) is 4.90 Å². The summed E-state index contributed by atoms with van der Waals surface area (Å²) in [6, 6.07) is 77.3. The van der Waals surface area contributed by atoms with Gasteiger partial charge in [-0.25, -0.2) is 0 Å². The molecule has 0 saturated heterocycles. The molecule has 58 heavy (non-hydrogen) atoms. The molecule has 272 valence electrons. The zero-order valence-electron chi connectivity index (χ0n) is 31.5. The molecule has 0 spiro atoms. The van der Waals surface area contributed by atoms with E-state index in [-0.39, 0.29) is 0 Å². The van der Waals surface area contributed by atoms with E-state index in [1.54, 1.807) is 0 Å². The maximum absolute atomic E-state index is 2.45.